The fraction of sp³-hybridized carbons (Fsp3) is 0.619. The van der Waals surface area contributed by atoms with Crippen LogP contribution in [0, 0.1) is 11.8 Å². The summed E-state index contributed by atoms with van der Waals surface area (Å²) in [6.07, 6.45) is 7.92. The fourth-order valence-corrected chi connectivity index (χ4v) is 11.0. The molecule has 13 nitrogen and oxygen atoms in total. The van der Waals surface area contributed by atoms with Crippen LogP contribution in [-0.2, 0) is 46.7 Å². The van der Waals surface area contributed by atoms with Gasteiger partial charge >= 0.3 is 10.2 Å². The van der Waals surface area contributed by atoms with E-state index in [1.807, 2.05) is 24.3 Å². The van der Waals surface area contributed by atoms with Gasteiger partial charge in [-0.25, -0.2) is 13.5 Å². The molecule has 8 rings (SSSR count). The van der Waals surface area contributed by atoms with Crippen LogP contribution in [0.5, 0.6) is 5.75 Å². The van der Waals surface area contributed by atoms with Crippen LogP contribution in [0.25, 0.3) is 0 Å². The molecule has 2 amide bonds. The van der Waals surface area contributed by atoms with Gasteiger partial charge in [-0.1, -0.05) is 35.9 Å². The maximum atomic E-state index is 14.2. The van der Waals surface area contributed by atoms with E-state index in [-0.39, 0.29) is 69.4 Å². The maximum Gasteiger partial charge on any atom is 0.304 e. The Morgan fingerprint density at radius 3 is 2.63 bits per heavy atom. The maximum absolute atomic E-state index is 14.2. The van der Waals surface area contributed by atoms with Crippen LogP contribution in [0.1, 0.15) is 55.2 Å². The lowest BCUT2D eigenvalue weighted by molar-refractivity contribution is -0.148. The summed E-state index contributed by atoms with van der Waals surface area (Å²) >= 11 is 6.49. The third-order valence-corrected chi connectivity index (χ3v) is 14.9. The number of amides is 2. The lowest BCUT2D eigenvalue weighted by atomic mass is 9.68. The Kier molecular flexibility index (Phi) is 12.1. The number of benzene rings is 2. The van der Waals surface area contributed by atoms with Gasteiger partial charge in [0, 0.05) is 56.8 Å². The number of halogens is 3. The highest BCUT2D eigenvalue weighted by Gasteiger charge is 2.48. The molecule has 2 aromatic rings. The van der Waals surface area contributed by atoms with E-state index in [0.717, 1.165) is 42.0 Å². The summed E-state index contributed by atoms with van der Waals surface area (Å²) in [5.74, 6) is -3.63. The number of aliphatic hydroxyl groups is 1. The molecule has 4 aliphatic heterocycles. The SMILES string of the molecule is CN1CC/C=C\[C@H](OCCN2CC(F)(F)C2)[C@@H]2CC[C@H]2CN2C[C@@]3(CCCc4cc(Cl)ccc43)COc3ccc(cc32)[C@@](O)(C(=O)NS(=O)(=O)N2CCOCC2)CC1=O. The molecule has 5 atom stereocenters. The minimum atomic E-state index is -4.39. The third kappa shape index (κ3) is 8.86. The molecule has 1 saturated carbocycles. The predicted molar refractivity (Wildman–Crippen MR) is 217 cm³/mol. The largest absolute Gasteiger partial charge is 0.490 e. The van der Waals surface area contributed by atoms with Crippen molar-refractivity contribution in [1.82, 2.24) is 18.8 Å². The molecule has 0 unspecified atom stereocenters. The van der Waals surface area contributed by atoms with Crippen molar-refractivity contribution in [3.05, 3.63) is 70.3 Å². The van der Waals surface area contributed by atoms with Crippen molar-refractivity contribution in [2.24, 2.45) is 11.8 Å². The summed E-state index contributed by atoms with van der Waals surface area (Å²) in [6, 6.07) is 10.9. The number of hydrogen-bond acceptors (Lipinski definition) is 10. The number of alkyl halides is 2. The van der Waals surface area contributed by atoms with Crippen LogP contribution in [0.3, 0.4) is 0 Å². The van der Waals surface area contributed by atoms with Gasteiger partial charge in [-0.2, -0.15) is 12.7 Å². The van der Waals surface area contributed by atoms with Crippen LogP contribution in [0.15, 0.2) is 48.6 Å². The normalized spacial score (nSPS) is 30.9. The highest BCUT2D eigenvalue weighted by atomic mass is 35.5. The Hall–Kier alpha value is -3.38. The number of rotatable bonds is 7. The number of likely N-dealkylation sites (tertiary alicyclic amines) is 1. The number of fused-ring (bicyclic) bond motifs is 4. The second-order valence-electron chi connectivity index (χ2n) is 17.2. The van der Waals surface area contributed by atoms with Gasteiger partial charge < -0.3 is 29.1 Å². The van der Waals surface area contributed by atoms with Crippen molar-refractivity contribution in [1.29, 1.82) is 0 Å². The number of morpholine rings is 1. The Bertz CT molecular complexity index is 2050. The lowest BCUT2D eigenvalue weighted by Crippen LogP contribution is -2.57. The van der Waals surface area contributed by atoms with Crippen LogP contribution < -0.4 is 14.4 Å². The van der Waals surface area contributed by atoms with E-state index in [0.29, 0.717) is 55.7 Å². The first kappa shape index (κ1) is 42.3. The van der Waals surface area contributed by atoms with Crippen molar-refractivity contribution < 1.29 is 46.1 Å². The Balaban J connectivity index is 1.16. The molecule has 2 aliphatic carbocycles. The second-order valence-corrected chi connectivity index (χ2v) is 19.3. The zero-order valence-electron chi connectivity index (χ0n) is 33.4. The van der Waals surface area contributed by atoms with Crippen molar-refractivity contribution in [3.63, 3.8) is 0 Å². The molecule has 1 spiro atoms. The number of nitrogens with one attached hydrogen (secondary N) is 1. The van der Waals surface area contributed by atoms with Crippen molar-refractivity contribution in [3.8, 4) is 5.75 Å². The molecular formula is C42H54ClF2N5O8S. The highest BCUT2D eigenvalue weighted by molar-refractivity contribution is 7.87. The van der Waals surface area contributed by atoms with E-state index >= 15 is 0 Å². The van der Waals surface area contributed by atoms with Gasteiger partial charge in [-0.3, -0.25) is 14.5 Å². The molecular weight excluding hydrogens is 808 g/mol. The number of hydrogen-bond donors (Lipinski definition) is 2. The Morgan fingerprint density at radius 2 is 1.88 bits per heavy atom. The molecule has 2 saturated heterocycles. The molecule has 0 radical (unpaired) electrons. The molecule has 17 heteroatoms. The van der Waals surface area contributed by atoms with Gasteiger partial charge in [-0.15, -0.1) is 0 Å². The number of ether oxygens (including phenoxy) is 3. The first-order valence-electron chi connectivity index (χ1n) is 20.7. The molecule has 322 valence electrons. The Labute approximate surface area is 349 Å². The van der Waals surface area contributed by atoms with Crippen molar-refractivity contribution >= 4 is 39.3 Å². The zero-order valence-corrected chi connectivity index (χ0v) is 35.0. The average molecular weight is 862 g/mol. The predicted octanol–water partition coefficient (Wildman–Crippen LogP) is 3.86. The van der Waals surface area contributed by atoms with Gasteiger partial charge in [0.25, 0.3) is 11.8 Å². The minimum Gasteiger partial charge on any atom is -0.490 e. The number of nitrogens with zero attached hydrogens (tertiary/aromatic N) is 4. The summed E-state index contributed by atoms with van der Waals surface area (Å²) in [5.41, 5.74) is 0.0108. The highest BCUT2D eigenvalue weighted by Crippen LogP contribution is 2.48. The molecule has 4 heterocycles. The molecule has 59 heavy (non-hydrogen) atoms. The number of carbonyl (C=O) groups excluding carboxylic acids is 2. The molecule has 2 bridgehead atoms. The van der Waals surface area contributed by atoms with E-state index in [1.165, 1.54) is 16.5 Å². The van der Waals surface area contributed by atoms with Gasteiger partial charge in [0.2, 0.25) is 5.91 Å². The number of anilines is 1. The van der Waals surface area contributed by atoms with Gasteiger partial charge in [-0.05, 0) is 91.3 Å². The lowest BCUT2D eigenvalue weighted by Gasteiger charge is -2.46. The first-order chi connectivity index (χ1) is 28.1. The second kappa shape index (κ2) is 16.8. The van der Waals surface area contributed by atoms with Crippen LogP contribution >= 0.6 is 11.6 Å². The standard InChI is InChI=1S/C42H54ClF2N5O8S/c1-47-14-3-2-6-36(57-20-15-48-26-41(44,45)27-48)33-10-7-30(33)24-49-25-40(13-4-5-29-21-32(43)9-11-34(29)40)28-58-37-12-8-31(22-35(37)49)42(53,23-38(47)51)39(52)46-59(54,55)50-16-18-56-19-17-50/h2,6,8-9,11-12,21-22,30,33,36,53H,3-5,7,10,13-20,23-28H2,1H3,(H,46,52)/b6-2-/t30-,33+,36-,40-,42+/m0/s1. The molecule has 2 N–H and O–H groups in total. The summed E-state index contributed by atoms with van der Waals surface area (Å²) in [4.78, 5) is 33.5. The van der Waals surface area contributed by atoms with E-state index in [2.05, 4.69) is 15.7 Å². The molecule has 6 aliphatic rings. The topological polar surface area (TPSA) is 141 Å². The minimum absolute atomic E-state index is 0.0316. The Morgan fingerprint density at radius 1 is 1.08 bits per heavy atom. The van der Waals surface area contributed by atoms with E-state index in [1.54, 1.807) is 24.1 Å². The monoisotopic (exact) mass is 861 g/mol. The number of aryl methyl sites for hydroxylation is 1. The summed E-state index contributed by atoms with van der Waals surface area (Å²) in [5, 5.41) is 13.2. The summed E-state index contributed by atoms with van der Waals surface area (Å²) in [7, 11) is -2.82. The van der Waals surface area contributed by atoms with E-state index < -0.39 is 45.4 Å². The molecule has 3 fully saturated rings. The average Bonchev–Trinajstić information content (AvgIpc) is 3.33. The van der Waals surface area contributed by atoms with E-state index in [9.17, 15) is 31.9 Å². The van der Waals surface area contributed by atoms with Crippen LogP contribution in [-0.4, -0.2) is 137 Å². The van der Waals surface area contributed by atoms with E-state index in [4.69, 9.17) is 25.8 Å². The smallest absolute Gasteiger partial charge is 0.304 e. The third-order valence-electron chi connectivity index (χ3n) is 13.2. The quantitative estimate of drug-likeness (QED) is 0.395. The molecule has 2 aromatic carbocycles. The van der Waals surface area contributed by atoms with Crippen LogP contribution in [0.2, 0.25) is 5.02 Å². The molecule has 0 aromatic heterocycles. The van der Waals surface area contributed by atoms with Crippen molar-refractivity contribution in [2.45, 2.75) is 68.0 Å². The van der Waals surface area contributed by atoms with Crippen LogP contribution in [0.4, 0.5) is 14.5 Å². The van der Waals surface area contributed by atoms with Crippen molar-refractivity contribution in [2.75, 3.05) is 90.7 Å². The first-order valence-corrected chi connectivity index (χ1v) is 22.5. The fourth-order valence-electron chi connectivity index (χ4n) is 9.66. The van der Waals surface area contributed by atoms with Gasteiger partial charge in [0.1, 0.15) is 5.75 Å². The van der Waals surface area contributed by atoms with Gasteiger partial charge in [0.15, 0.2) is 5.60 Å². The summed E-state index contributed by atoms with van der Waals surface area (Å²) in [6.45, 7) is 2.31. The zero-order chi connectivity index (χ0) is 41.6. The summed E-state index contributed by atoms with van der Waals surface area (Å²) < 4.78 is 75.7. The van der Waals surface area contributed by atoms with Gasteiger partial charge in [0.05, 0.1) is 57.7 Å². The number of carbonyl (C=O) groups is 2.